The molecule has 0 aromatic heterocycles. The van der Waals surface area contributed by atoms with Crippen LogP contribution in [-0.4, -0.2) is 67.7 Å². The van der Waals surface area contributed by atoms with E-state index in [9.17, 15) is 9.59 Å². The fourth-order valence-corrected chi connectivity index (χ4v) is 3.03. The van der Waals surface area contributed by atoms with Crippen molar-refractivity contribution in [2.75, 3.05) is 40.3 Å². The minimum Gasteiger partial charge on any atom is -0.444 e. The van der Waals surface area contributed by atoms with E-state index < -0.39 is 5.60 Å². The van der Waals surface area contributed by atoms with Crippen LogP contribution in [-0.2, 0) is 9.53 Å². The van der Waals surface area contributed by atoms with E-state index in [0.29, 0.717) is 32.5 Å². The summed E-state index contributed by atoms with van der Waals surface area (Å²) in [4.78, 5) is 28.3. The molecular formula is C18H35N3O3. The van der Waals surface area contributed by atoms with Gasteiger partial charge in [0.05, 0.1) is 0 Å². The van der Waals surface area contributed by atoms with Gasteiger partial charge < -0.3 is 19.9 Å². The first-order valence-corrected chi connectivity index (χ1v) is 8.80. The van der Waals surface area contributed by atoms with E-state index >= 15 is 0 Å². The topological polar surface area (TPSA) is 61.9 Å². The highest BCUT2D eigenvalue weighted by Gasteiger charge is 2.30. The first-order valence-electron chi connectivity index (χ1n) is 8.80. The van der Waals surface area contributed by atoms with Gasteiger partial charge in [-0.15, -0.1) is 0 Å². The molecule has 140 valence electrons. The number of nitrogens with zero attached hydrogens (tertiary/aromatic N) is 2. The third kappa shape index (κ3) is 7.51. The highest BCUT2D eigenvalue weighted by molar-refractivity contribution is 5.79. The Bertz CT molecular complexity index is 433. The Morgan fingerprint density at radius 2 is 1.67 bits per heavy atom. The predicted molar refractivity (Wildman–Crippen MR) is 95.9 cm³/mol. The largest absolute Gasteiger partial charge is 0.444 e. The average molecular weight is 341 g/mol. The number of ether oxygens (including phenoxy) is 1. The lowest BCUT2D eigenvalue weighted by Crippen LogP contribution is -2.46. The number of carbonyl (C=O) groups is 2. The molecule has 6 nitrogen and oxygen atoms in total. The van der Waals surface area contributed by atoms with Gasteiger partial charge in [-0.25, -0.2) is 4.79 Å². The van der Waals surface area contributed by atoms with Crippen LogP contribution >= 0.6 is 0 Å². The molecule has 0 aromatic carbocycles. The Balaban J connectivity index is 2.39. The second-order valence-electron chi connectivity index (χ2n) is 8.86. The zero-order chi connectivity index (χ0) is 18.5. The number of likely N-dealkylation sites (tertiary alicyclic amines) is 1. The Kier molecular flexibility index (Phi) is 7.08. The van der Waals surface area contributed by atoms with Gasteiger partial charge in [0.15, 0.2) is 0 Å². The summed E-state index contributed by atoms with van der Waals surface area (Å²) in [6, 6.07) is 0. The van der Waals surface area contributed by atoms with Crippen LogP contribution in [0.4, 0.5) is 4.79 Å². The van der Waals surface area contributed by atoms with E-state index in [4.69, 9.17) is 4.74 Å². The van der Waals surface area contributed by atoms with E-state index in [2.05, 4.69) is 24.1 Å². The molecule has 0 aliphatic carbocycles. The summed E-state index contributed by atoms with van der Waals surface area (Å²) in [5.74, 6) is 0.0875. The number of nitrogens with one attached hydrogen (secondary N) is 1. The number of piperidine rings is 1. The fraction of sp³-hybridized carbons (Fsp3) is 0.889. The second kappa shape index (κ2) is 8.19. The highest BCUT2D eigenvalue weighted by atomic mass is 16.6. The highest BCUT2D eigenvalue weighted by Crippen LogP contribution is 2.21. The minimum atomic E-state index is -0.483. The first kappa shape index (κ1) is 20.7. The summed E-state index contributed by atoms with van der Waals surface area (Å²) in [5, 5.41) is 3.08. The molecule has 0 radical (unpaired) electrons. The summed E-state index contributed by atoms with van der Waals surface area (Å²) in [5.41, 5.74) is -0.445. The Labute approximate surface area is 146 Å². The molecule has 1 rings (SSSR count). The number of amides is 2. The summed E-state index contributed by atoms with van der Waals surface area (Å²) >= 11 is 0. The van der Waals surface area contributed by atoms with Gasteiger partial charge >= 0.3 is 6.09 Å². The van der Waals surface area contributed by atoms with Crippen LogP contribution in [0.15, 0.2) is 0 Å². The summed E-state index contributed by atoms with van der Waals surface area (Å²) in [6.45, 7) is 12.6. The zero-order valence-electron chi connectivity index (χ0n) is 16.4. The molecule has 0 spiro atoms. The number of rotatable bonds is 5. The second-order valence-corrected chi connectivity index (χ2v) is 8.86. The number of hydrogen-bond donors (Lipinski definition) is 1. The van der Waals surface area contributed by atoms with Crippen LogP contribution in [0.3, 0.4) is 0 Å². The third-order valence-electron chi connectivity index (χ3n) is 4.00. The van der Waals surface area contributed by atoms with Crippen LogP contribution < -0.4 is 5.32 Å². The van der Waals surface area contributed by atoms with Crippen LogP contribution in [0.1, 0.15) is 47.5 Å². The van der Waals surface area contributed by atoms with Gasteiger partial charge in [0, 0.05) is 32.1 Å². The van der Waals surface area contributed by atoms with Gasteiger partial charge in [-0.2, -0.15) is 0 Å². The van der Waals surface area contributed by atoms with Crippen molar-refractivity contribution >= 4 is 12.0 Å². The van der Waals surface area contributed by atoms with Gasteiger partial charge in [-0.3, -0.25) is 4.79 Å². The summed E-state index contributed by atoms with van der Waals surface area (Å²) in [7, 11) is 4.08. The maximum atomic E-state index is 12.4. The van der Waals surface area contributed by atoms with Gasteiger partial charge in [-0.1, -0.05) is 13.8 Å². The van der Waals surface area contributed by atoms with Crippen LogP contribution in [0, 0.1) is 11.3 Å². The average Bonchev–Trinajstić information content (AvgIpc) is 2.42. The lowest BCUT2D eigenvalue weighted by molar-refractivity contribution is -0.127. The molecule has 1 N–H and O–H groups in total. The normalized spacial score (nSPS) is 17.1. The van der Waals surface area contributed by atoms with Gasteiger partial charge in [0.2, 0.25) is 5.91 Å². The lowest BCUT2D eigenvalue weighted by Gasteiger charge is -2.34. The standard InChI is InChI=1S/C18H35N3O3/c1-17(2,3)24-16(23)21-10-8-14(9-11-21)15(22)19-12-18(4,5)13-20(6)7/h14H,8-13H2,1-7H3,(H,19,22). The van der Waals surface area contributed by atoms with Crippen LogP contribution in [0.5, 0.6) is 0 Å². The van der Waals surface area contributed by atoms with Crippen molar-refractivity contribution in [1.29, 1.82) is 0 Å². The molecule has 2 amide bonds. The molecule has 1 aliphatic heterocycles. The van der Waals surface area contributed by atoms with Crippen molar-refractivity contribution in [2.24, 2.45) is 11.3 Å². The molecule has 1 fully saturated rings. The molecule has 0 saturated carbocycles. The molecule has 0 bridgehead atoms. The minimum absolute atomic E-state index is 0.0150. The van der Waals surface area contributed by atoms with Gasteiger partial charge in [0.25, 0.3) is 0 Å². The molecule has 6 heteroatoms. The molecule has 0 aromatic rings. The van der Waals surface area contributed by atoms with Crippen molar-refractivity contribution in [3.05, 3.63) is 0 Å². The van der Waals surface area contributed by atoms with Crippen LogP contribution in [0.2, 0.25) is 0 Å². The van der Waals surface area contributed by atoms with Gasteiger partial charge in [0.1, 0.15) is 5.60 Å². The smallest absolute Gasteiger partial charge is 0.410 e. The Morgan fingerprint density at radius 1 is 1.12 bits per heavy atom. The first-order chi connectivity index (χ1) is 10.9. The molecule has 0 unspecified atom stereocenters. The molecule has 1 heterocycles. The Morgan fingerprint density at radius 3 is 2.12 bits per heavy atom. The summed E-state index contributed by atoms with van der Waals surface area (Å²) in [6.07, 6.45) is 1.10. The quantitative estimate of drug-likeness (QED) is 0.834. The maximum Gasteiger partial charge on any atom is 0.410 e. The fourth-order valence-electron chi connectivity index (χ4n) is 3.03. The van der Waals surface area contributed by atoms with E-state index in [1.807, 2.05) is 34.9 Å². The van der Waals surface area contributed by atoms with Crippen LogP contribution in [0.25, 0.3) is 0 Å². The Hall–Kier alpha value is -1.30. The molecular weight excluding hydrogens is 306 g/mol. The van der Waals surface area contributed by atoms with Crippen molar-refractivity contribution in [3.8, 4) is 0 Å². The monoisotopic (exact) mass is 341 g/mol. The predicted octanol–water partition coefficient (Wildman–Crippen LogP) is 2.34. The van der Waals surface area contributed by atoms with Crippen molar-refractivity contribution < 1.29 is 14.3 Å². The SMILES string of the molecule is CN(C)CC(C)(C)CNC(=O)C1CCN(C(=O)OC(C)(C)C)CC1. The van der Waals surface area contributed by atoms with E-state index in [0.717, 1.165) is 6.54 Å². The van der Waals surface area contributed by atoms with E-state index in [1.165, 1.54) is 0 Å². The molecule has 1 aliphatic rings. The lowest BCUT2D eigenvalue weighted by atomic mass is 9.91. The zero-order valence-corrected chi connectivity index (χ0v) is 16.4. The van der Waals surface area contributed by atoms with Crippen molar-refractivity contribution in [3.63, 3.8) is 0 Å². The molecule has 0 atom stereocenters. The molecule has 1 saturated heterocycles. The van der Waals surface area contributed by atoms with E-state index in [1.54, 1.807) is 4.90 Å². The molecule has 24 heavy (non-hydrogen) atoms. The van der Waals surface area contributed by atoms with E-state index in [-0.39, 0.29) is 23.3 Å². The maximum absolute atomic E-state index is 12.4. The summed E-state index contributed by atoms with van der Waals surface area (Å²) < 4.78 is 5.38. The van der Waals surface area contributed by atoms with Crippen molar-refractivity contribution in [2.45, 2.75) is 53.1 Å². The van der Waals surface area contributed by atoms with Crippen molar-refractivity contribution in [1.82, 2.24) is 15.1 Å². The number of carbonyl (C=O) groups excluding carboxylic acids is 2. The van der Waals surface area contributed by atoms with Gasteiger partial charge in [-0.05, 0) is 53.1 Å². The third-order valence-corrected chi connectivity index (χ3v) is 4.00. The number of hydrogen-bond acceptors (Lipinski definition) is 4.